The standard InChI is InChI=1S/C14H16N2O2/c17-14-12-6-1-2-7-13(12)15-10-16(14)9-11-5-3-4-8-18-11/h1-2,6-7,10-11H,3-5,8-9H2/t11-/m0/s1. The molecule has 0 radical (unpaired) electrons. The van der Waals surface area contributed by atoms with Crippen molar-refractivity contribution < 1.29 is 4.74 Å². The van der Waals surface area contributed by atoms with E-state index < -0.39 is 0 Å². The van der Waals surface area contributed by atoms with E-state index in [0.717, 1.165) is 25.0 Å². The highest BCUT2D eigenvalue weighted by atomic mass is 16.5. The monoisotopic (exact) mass is 244 g/mol. The number of nitrogens with zero attached hydrogens (tertiary/aromatic N) is 2. The van der Waals surface area contributed by atoms with Gasteiger partial charge in [0.25, 0.3) is 5.56 Å². The molecule has 0 N–H and O–H groups in total. The van der Waals surface area contributed by atoms with Crippen molar-refractivity contribution in [3.05, 3.63) is 40.9 Å². The Balaban J connectivity index is 1.92. The second kappa shape index (κ2) is 4.90. The van der Waals surface area contributed by atoms with Crippen LogP contribution >= 0.6 is 0 Å². The van der Waals surface area contributed by atoms with Crippen LogP contribution in [0, 0.1) is 0 Å². The minimum Gasteiger partial charge on any atom is -0.376 e. The Labute approximate surface area is 105 Å². The largest absolute Gasteiger partial charge is 0.376 e. The van der Waals surface area contributed by atoms with Gasteiger partial charge in [0.2, 0.25) is 0 Å². The van der Waals surface area contributed by atoms with Gasteiger partial charge in [-0.3, -0.25) is 9.36 Å². The second-order valence-corrected chi connectivity index (χ2v) is 4.71. The van der Waals surface area contributed by atoms with Gasteiger partial charge in [-0.15, -0.1) is 0 Å². The van der Waals surface area contributed by atoms with Crippen molar-refractivity contribution in [3.63, 3.8) is 0 Å². The molecule has 0 spiro atoms. The molecule has 1 fully saturated rings. The summed E-state index contributed by atoms with van der Waals surface area (Å²) in [6.07, 6.45) is 5.11. The van der Waals surface area contributed by atoms with Gasteiger partial charge in [0.15, 0.2) is 0 Å². The van der Waals surface area contributed by atoms with Gasteiger partial charge in [-0.1, -0.05) is 12.1 Å². The topological polar surface area (TPSA) is 44.1 Å². The Hall–Kier alpha value is -1.68. The minimum atomic E-state index is 0.0229. The van der Waals surface area contributed by atoms with E-state index in [4.69, 9.17) is 4.74 Å². The number of hydrogen-bond acceptors (Lipinski definition) is 3. The fraction of sp³-hybridized carbons (Fsp3) is 0.429. The molecule has 94 valence electrons. The Morgan fingerprint density at radius 2 is 2.22 bits per heavy atom. The van der Waals surface area contributed by atoms with Crippen molar-refractivity contribution in [2.24, 2.45) is 0 Å². The van der Waals surface area contributed by atoms with Crippen molar-refractivity contribution in [2.45, 2.75) is 31.9 Å². The predicted molar refractivity (Wildman–Crippen MR) is 69.6 cm³/mol. The zero-order chi connectivity index (χ0) is 12.4. The van der Waals surface area contributed by atoms with E-state index >= 15 is 0 Å². The van der Waals surface area contributed by atoms with Crippen LogP contribution in [0.25, 0.3) is 10.9 Å². The number of hydrogen-bond donors (Lipinski definition) is 0. The fourth-order valence-electron chi connectivity index (χ4n) is 2.41. The van der Waals surface area contributed by atoms with Crippen LogP contribution in [0.15, 0.2) is 35.4 Å². The molecule has 0 aliphatic carbocycles. The molecule has 2 aromatic rings. The molecule has 0 unspecified atom stereocenters. The highest BCUT2D eigenvalue weighted by molar-refractivity contribution is 5.76. The van der Waals surface area contributed by atoms with Crippen molar-refractivity contribution in [2.75, 3.05) is 6.61 Å². The minimum absolute atomic E-state index is 0.0229. The average molecular weight is 244 g/mol. The Bertz CT molecular complexity index is 600. The third-order valence-corrected chi connectivity index (χ3v) is 3.41. The molecule has 18 heavy (non-hydrogen) atoms. The average Bonchev–Trinajstić information content (AvgIpc) is 2.43. The molecule has 0 saturated carbocycles. The summed E-state index contributed by atoms with van der Waals surface area (Å²) in [5, 5.41) is 0.677. The van der Waals surface area contributed by atoms with Gasteiger partial charge >= 0.3 is 0 Å². The highest BCUT2D eigenvalue weighted by Crippen LogP contribution is 2.14. The fourth-order valence-corrected chi connectivity index (χ4v) is 2.41. The Morgan fingerprint density at radius 1 is 1.33 bits per heavy atom. The predicted octanol–water partition coefficient (Wildman–Crippen LogP) is 1.97. The third kappa shape index (κ3) is 2.16. The molecular formula is C14H16N2O2. The summed E-state index contributed by atoms with van der Waals surface area (Å²) in [7, 11) is 0. The van der Waals surface area contributed by atoms with Gasteiger partial charge in [0, 0.05) is 6.61 Å². The SMILES string of the molecule is O=c1c2ccccc2ncn1C[C@@H]1CCCCO1. The summed E-state index contributed by atoms with van der Waals surface area (Å²) in [5.74, 6) is 0. The lowest BCUT2D eigenvalue weighted by Crippen LogP contribution is -2.30. The van der Waals surface area contributed by atoms with Crippen molar-refractivity contribution in [1.29, 1.82) is 0 Å². The summed E-state index contributed by atoms with van der Waals surface area (Å²) in [6.45, 7) is 1.41. The van der Waals surface area contributed by atoms with Crippen LogP contribution in [-0.2, 0) is 11.3 Å². The van der Waals surface area contributed by atoms with Crippen molar-refractivity contribution in [1.82, 2.24) is 9.55 Å². The van der Waals surface area contributed by atoms with Crippen LogP contribution < -0.4 is 5.56 Å². The van der Waals surface area contributed by atoms with Gasteiger partial charge in [0.05, 0.1) is 29.9 Å². The molecule has 4 heteroatoms. The van der Waals surface area contributed by atoms with E-state index in [-0.39, 0.29) is 11.7 Å². The first-order chi connectivity index (χ1) is 8.84. The lowest BCUT2D eigenvalue weighted by Gasteiger charge is -2.23. The normalized spacial score (nSPS) is 20.1. The van der Waals surface area contributed by atoms with E-state index in [0.29, 0.717) is 11.9 Å². The molecule has 3 rings (SSSR count). The van der Waals surface area contributed by atoms with Crippen LogP contribution in [0.1, 0.15) is 19.3 Å². The van der Waals surface area contributed by atoms with Crippen LogP contribution in [0.4, 0.5) is 0 Å². The zero-order valence-electron chi connectivity index (χ0n) is 10.2. The molecule has 1 aliphatic heterocycles. The van der Waals surface area contributed by atoms with E-state index in [1.165, 1.54) is 6.42 Å². The number of benzene rings is 1. The third-order valence-electron chi connectivity index (χ3n) is 3.41. The highest BCUT2D eigenvalue weighted by Gasteiger charge is 2.15. The lowest BCUT2D eigenvalue weighted by atomic mass is 10.1. The van der Waals surface area contributed by atoms with Crippen LogP contribution in [0.2, 0.25) is 0 Å². The molecule has 0 bridgehead atoms. The second-order valence-electron chi connectivity index (χ2n) is 4.71. The molecule has 1 atom stereocenters. The van der Waals surface area contributed by atoms with Crippen molar-refractivity contribution >= 4 is 10.9 Å². The molecule has 4 nitrogen and oxygen atoms in total. The number of ether oxygens (including phenoxy) is 1. The summed E-state index contributed by atoms with van der Waals surface area (Å²) in [6, 6.07) is 7.44. The molecule has 1 aromatic heterocycles. The molecule has 0 amide bonds. The van der Waals surface area contributed by atoms with E-state index in [1.807, 2.05) is 24.3 Å². The van der Waals surface area contributed by atoms with Gasteiger partial charge in [0.1, 0.15) is 0 Å². The van der Waals surface area contributed by atoms with Gasteiger partial charge in [-0.25, -0.2) is 4.98 Å². The smallest absolute Gasteiger partial charge is 0.261 e. The Kier molecular flexibility index (Phi) is 3.11. The molecule has 1 saturated heterocycles. The summed E-state index contributed by atoms with van der Waals surface area (Å²) in [5.41, 5.74) is 0.776. The maximum atomic E-state index is 12.3. The molecule has 1 aliphatic rings. The van der Waals surface area contributed by atoms with Crippen LogP contribution in [-0.4, -0.2) is 22.3 Å². The number of para-hydroxylation sites is 1. The number of rotatable bonds is 2. The van der Waals surface area contributed by atoms with Crippen molar-refractivity contribution in [3.8, 4) is 0 Å². The van der Waals surface area contributed by atoms with E-state index in [2.05, 4.69) is 4.98 Å². The molecular weight excluding hydrogens is 228 g/mol. The summed E-state index contributed by atoms with van der Waals surface area (Å²) < 4.78 is 7.33. The number of aromatic nitrogens is 2. The first-order valence-electron chi connectivity index (χ1n) is 6.40. The first-order valence-corrected chi connectivity index (χ1v) is 6.40. The van der Waals surface area contributed by atoms with Gasteiger partial charge in [-0.2, -0.15) is 0 Å². The summed E-state index contributed by atoms with van der Waals surface area (Å²) >= 11 is 0. The molecule has 1 aromatic carbocycles. The summed E-state index contributed by atoms with van der Waals surface area (Å²) in [4.78, 5) is 16.6. The number of fused-ring (bicyclic) bond motifs is 1. The van der Waals surface area contributed by atoms with E-state index in [1.54, 1.807) is 10.9 Å². The lowest BCUT2D eigenvalue weighted by molar-refractivity contribution is 0.00535. The zero-order valence-corrected chi connectivity index (χ0v) is 10.2. The maximum Gasteiger partial charge on any atom is 0.261 e. The van der Waals surface area contributed by atoms with Gasteiger partial charge in [-0.05, 0) is 31.4 Å². The molecule has 2 heterocycles. The first kappa shape index (κ1) is 11.4. The van der Waals surface area contributed by atoms with E-state index in [9.17, 15) is 4.79 Å². The van der Waals surface area contributed by atoms with Crippen LogP contribution in [0.5, 0.6) is 0 Å². The van der Waals surface area contributed by atoms with Crippen LogP contribution in [0.3, 0.4) is 0 Å². The quantitative estimate of drug-likeness (QED) is 0.811. The van der Waals surface area contributed by atoms with Gasteiger partial charge < -0.3 is 4.74 Å². The maximum absolute atomic E-state index is 12.3. The Morgan fingerprint density at radius 3 is 3.06 bits per heavy atom.